The lowest BCUT2D eigenvalue weighted by Gasteiger charge is -2.19. The highest BCUT2D eigenvalue weighted by Gasteiger charge is 2.20. The van der Waals surface area contributed by atoms with Gasteiger partial charge >= 0.3 is 0 Å². The summed E-state index contributed by atoms with van der Waals surface area (Å²) in [6, 6.07) is 12.5. The maximum absolute atomic E-state index is 13.1. The van der Waals surface area contributed by atoms with Crippen molar-refractivity contribution < 1.29 is 14.5 Å². The normalized spacial score (nSPS) is 12.2. The van der Waals surface area contributed by atoms with Gasteiger partial charge in [0.2, 0.25) is 0 Å². The van der Waals surface area contributed by atoms with Gasteiger partial charge in [0.05, 0.1) is 0 Å². The number of aryl methyl sites for hydroxylation is 1. The molecule has 0 aromatic heterocycles. The van der Waals surface area contributed by atoms with E-state index < -0.39 is 0 Å². The topological polar surface area (TPSA) is 45.7 Å². The highest BCUT2D eigenvalue weighted by atomic mass is 19.1. The Morgan fingerprint density at radius 2 is 1.79 bits per heavy atom. The standard InChI is InChI=1S/C20H25FN2O/c1-13(2)20(16-8-10-17(21)11-9-16)22-12-19(24)23-18-7-5-6-14(3)15(18)4/h5-11,13,20,22H,12H2,1-4H3,(H,23,24)/p+1/t20-/m1/s1. The van der Waals surface area contributed by atoms with Gasteiger partial charge in [0.25, 0.3) is 5.91 Å². The molecule has 1 atom stereocenters. The Kier molecular flexibility index (Phi) is 6.10. The predicted octanol–water partition coefficient (Wildman–Crippen LogP) is 3.34. The Morgan fingerprint density at radius 1 is 1.12 bits per heavy atom. The largest absolute Gasteiger partial charge is 0.332 e. The van der Waals surface area contributed by atoms with Crippen LogP contribution in [0.15, 0.2) is 42.5 Å². The van der Waals surface area contributed by atoms with Crippen molar-refractivity contribution >= 4 is 11.6 Å². The Labute approximate surface area is 143 Å². The van der Waals surface area contributed by atoms with Gasteiger partial charge in [-0.05, 0) is 43.2 Å². The summed E-state index contributed by atoms with van der Waals surface area (Å²) in [4.78, 5) is 12.3. The fourth-order valence-electron chi connectivity index (χ4n) is 2.80. The summed E-state index contributed by atoms with van der Waals surface area (Å²) in [6.45, 7) is 8.57. The van der Waals surface area contributed by atoms with E-state index in [9.17, 15) is 9.18 Å². The van der Waals surface area contributed by atoms with Gasteiger partial charge in [-0.15, -0.1) is 0 Å². The van der Waals surface area contributed by atoms with Crippen LogP contribution in [0.4, 0.5) is 10.1 Å². The fourth-order valence-corrected chi connectivity index (χ4v) is 2.80. The first-order valence-corrected chi connectivity index (χ1v) is 8.33. The van der Waals surface area contributed by atoms with Gasteiger partial charge in [0, 0.05) is 17.2 Å². The van der Waals surface area contributed by atoms with E-state index in [1.165, 1.54) is 12.1 Å². The van der Waals surface area contributed by atoms with Crippen LogP contribution in [0.5, 0.6) is 0 Å². The van der Waals surface area contributed by atoms with Gasteiger partial charge in [-0.25, -0.2) is 4.39 Å². The van der Waals surface area contributed by atoms with Crippen LogP contribution in [0.3, 0.4) is 0 Å². The number of nitrogens with one attached hydrogen (secondary N) is 1. The molecule has 0 saturated heterocycles. The molecule has 0 unspecified atom stereocenters. The van der Waals surface area contributed by atoms with E-state index in [1.807, 2.05) is 37.4 Å². The first-order valence-electron chi connectivity index (χ1n) is 8.33. The first kappa shape index (κ1) is 18.1. The summed E-state index contributed by atoms with van der Waals surface area (Å²) in [6.07, 6.45) is 0. The van der Waals surface area contributed by atoms with Crippen molar-refractivity contribution in [3.05, 3.63) is 65.0 Å². The molecule has 0 radical (unpaired) electrons. The van der Waals surface area contributed by atoms with E-state index in [1.54, 1.807) is 12.1 Å². The van der Waals surface area contributed by atoms with Crippen molar-refractivity contribution in [2.24, 2.45) is 5.92 Å². The number of hydrogen-bond acceptors (Lipinski definition) is 1. The summed E-state index contributed by atoms with van der Waals surface area (Å²) in [5.41, 5.74) is 4.13. The van der Waals surface area contributed by atoms with Crippen LogP contribution in [0.25, 0.3) is 0 Å². The number of benzene rings is 2. The lowest BCUT2D eigenvalue weighted by molar-refractivity contribution is -0.692. The smallest absolute Gasteiger partial charge is 0.279 e. The molecule has 3 nitrogen and oxygen atoms in total. The quantitative estimate of drug-likeness (QED) is 0.839. The molecule has 0 saturated carbocycles. The van der Waals surface area contributed by atoms with Crippen LogP contribution < -0.4 is 10.6 Å². The average Bonchev–Trinajstić information content (AvgIpc) is 2.53. The van der Waals surface area contributed by atoms with Crippen LogP contribution in [0, 0.1) is 25.6 Å². The molecular formula is C20H26FN2O+. The average molecular weight is 329 g/mol. The molecule has 2 aromatic carbocycles. The molecule has 4 heteroatoms. The zero-order valence-electron chi connectivity index (χ0n) is 14.8. The number of anilines is 1. The number of amides is 1. The molecule has 0 heterocycles. The molecule has 2 rings (SSSR count). The first-order chi connectivity index (χ1) is 11.4. The van der Waals surface area contributed by atoms with Crippen molar-refractivity contribution in [1.82, 2.24) is 0 Å². The predicted molar refractivity (Wildman–Crippen MR) is 95.3 cm³/mol. The highest BCUT2D eigenvalue weighted by Crippen LogP contribution is 2.19. The van der Waals surface area contributed by atoms with Crippen molar-refractivity contribution in [2.45, 2.75) is 33.7 Å². The molecule has 24 heavy (non-hydrogen) atoms. The maximum Gasteiger partial charge on any atom is 0.279 e. The van der Waals surface area contributed by atoms with Gasteiger partial charge in [-0.3, -0.25) is 4.79 Å². The van der Waals surface area contributed by atoms with Crippen molar-refractivity contribution in [3.8, 4) is 0 Å². The van der Waals surface area contributed by atoms with Crippen molar-refractivity contribution in [2.75, 3.05) is 11.9 Å². The lowest BCUT2D eigenvalue weighted by atomic mass is 9.96. The number of carbonyl (C=O) groups is 1. The highest BCUT2D eigenvalue weighted by molar-refractivity contribution is 5.92. The molecule has 0 bridgehead atoms. The SMILES string of the molecule is Cc1cccc(NC(=O)C[NH2+][C@@H](c2ccc(F)cc2)C(C)C)c1C. The summed E-state index contributed by atoms with van der Waals surface area (Å²) in [5.74, 6) is 0.0642. The molecule has 0 aliphatic rings. The van der Waals surface area contributed by atoms with E-state index in [-0.39, 0.29) is 17.8 Å². The van der Waals surface area contributed by atoms with Gasteiger partial charge in [-0.1, -0.05) is 38.1 Å². The van der Waals surface area contributed by atoms with Crippen LogP contribution >= 0.6 is 0 Å². The Hall–Kier alpha value is -2.20. The van der Waals surface area contributed by atoms with Gasteiger partial charge in [-0.2, -0.15) is 0 Å². The van der Waals surface area contributed by atoms with Crippen molar-refractivity contribution in [3.63, 3.8) is 0 Å². The Balaban J connectivity index is 2.00. The molecule has 0 spiro atoms. The Morgan fingerprint density at radius 3 is 2.42 bits per heavy atom. The monoisotopic (exact) mass is 329 g/mol. The molecule has 0 aliphatic carbocycles. The van der Waals surface area contributed by atoms with Gasteiger partial charge in [0.15, 0.2) is 6.54 Å². The zero-order chi connectivity index (χ0) is 17.7. The molecule has 0 aliphatic heterocycles. The fraction of sp³-hybridized carbons (Fsp3) is 0.350. The van der Waals surface area contributed by atoms with E-state index >= 15 is 0 Å². The Bertz CT molecular complexity index is 695. The second-order valence-corrected chi connectivity index (χ2v) is 6.56. The number of halogens is 1. The third-order valence-electron chi connectivity index (χ3n) is 4.41. The van der Waals surface area contributed by atoms with Gasteiger partial charge < -0.3 is 10.6 Å². The molecule has 0 fully saturated rings. The third kappa shape index (κ3) is 4.65. The third-order valence-corrected chi connectivity index (χ3v) is 4.41. The minimum Gasteiger partial charge on any atom is -0.332 e. The van der Waals surface area contributed by atoms with Crippen LogP contribution in [0.2, 0.25) is 0 Å². The summed E-state index contributed by atoms with van der Waals surface area (Å²) in [5, 5.41) is 4.99. The zero-order valence-corrected chi connectivity index (χ0v) is 14.8. The molecule has 3 N–H and O–H groups in total. The number of nitrogens with two attached hydrogens (primary N) is 1. The number of quaternary nitrogens is 1. The number of carbonyl (C=O) groups excluding carboxylic acids is 1. The second kappa shape index (κ2) is 8.06. The van der Waals surface area contributed by atoms with Crippen LogP contribution in [-0.4, -0.2) is 12.5 Å². The second-order valence-electron chi connectivity index (χ2n) is 6.56. The van der Waals surface area contributed by atoms with E-state index in [0.29, 0.717) is 12.5 Å². The number of rotatable bonds is 6. The van der Waals surface area contributed by atoms with Crippen LogP contribution in [0.1, 0.15) is 36.6 Å². The lowest BCUT2D eigenvalue weighted by Crippen LogP contribution is -2.88. The van der Waals surface area contributed by atoms with E-state index in [0.717, 1.165) is 22.4 Å². The minimum absolute atomic E-state index is 0.0311. The van der Waals surface area contributed by atoms with E-state index in [4.69, 9.17) is 0 Å². The molecule has 1 amide bonds. The van der Waals surface area contributed by atoms with E-state index in [2.05, 4.69) is 19.2 Å². The molecule has 128 valence electrons. The number of hydrogen-bond donors (Lipinski definition) is 2. The maximum atomic E-state index is 13.1. The van der Waals surface area contributed by atoms with Crippen molar-refractivity contribution in [1.29, 1.82) is 0 Å². The minimum atomic E-state index is -0.242. The molecule has 2 aromatic rings. The summed E-state index contributed by atoms with van der Waals surface area (Å²) in [7, 11) is 0. The summed E-state index contributed by atoms with van der Waals surface area (Å²) >= 11 is 0. The summed E-state index contributed by atoms with van der Waals surface area (Å²) < 4.78 is 13.1. The van der Waals surface area contributed by atoms with Gasteiger partial charge in [0.1, 0.15) is 11.9 Å². The molecular weight excluding hydrogens is 303 g/mol. The van der Waals surface area contributed by atoms with Crippen LogP contribution in [-0.2, 0) is 4.79 Å².